The van der Waals surface area contributed by atoms with Crippen LogP contribution in [0.15, 0.2) is 42.5 Å². The highest BCUT2D eigenvalue weighted by atomic mass is 35.5. The minimum atomic E-state index is 0.393. The third-order valence-electron chi connectivity index (χ3n) is 3.87. The monoisotopic (exact) mass is 333 g/mol. The number of benzene rings is 2. The van der Waals surface area contributed by atoms with Crippen molar-refractivity contribution < 1.29 is 9.47 Å². The SMILES string of the molecule is COc1cc(Cl)cc(CN[C@H](C)CCc2ccccc2)c1OC. The van der Waals surface area contributed by atoms with Crippen LogP contribution in [0.3, 0.4) is 0 Å². The van der Waals surface area contributed by atoms with E-state index in [-0.39, 0.29) is 0 Å². The summed E-state index contributed by atoms with van der Waals surface area (Å²) in [5.74, 6) is 1.40. The van der Waals surface area contributed by atoms with Gasteiger partial charge in [-0.3, -0.25) is 0 Å². The molecule has 0 heterocycles. The summed E-state index contributed by atoms with van der Waals surface area (Å²) >= 11 is 6.15. The predicted molar refractivity (Wildman–Crippen MR) is 95.6 cm³/mol. The fraction of sp³-hybridized carbons (Fsp3) is 0.368. The Balaban J connectivity index is 1.93. The van der Waals surface area contributed by atoms with Gasteiger partial charge in [-0.15, -0.1) is 0 Å². The Morgan fingerprint density at radius 3 is 2.48 bits per heavy atom. The molecule has 0 saturated carbocycles. The summed E-state index contributed by atoms with van der Waals surface area (Å²) in [7, 11) is 3.27. The van der Waals surface area contributed by atoms with Crippen LogP contribution >= 0.6 is 11.6 Å². The molecular weight excluding hydrogens is 310 g/mol. The fourth-order valence-corrected chi connectivity index (χ4v) is 2.78. The maximum atomic E-state index is 6.15. The highest BCUT2D eigenvalue weighted by Gasteiger charge is 2.12. The summed E-state index contributed by atoms with van der Waals surface area (Å²) in [5, 5.41) is 4.18. The largest absolute Gasteiger partial charge is 0.493 e. The second kappa shape index (κ2) is 8.80. The predicted octanol–water partition coefficient (Wildman–Crippen LogP) is 4.47. The van der Waals surface area contributed by atoms with Gasteiger partial charge in [0.1, 0.15) is 0 Å². The average molecular weight is 334 g/mol. The van der Waals surface area contributed by atoms with E-state index in [1.54, 1.807) is 20.3 Å². The Kier molecular flexibility index (Phi) is 6.75. The van der Waals surface area contributed by atoms with Crippen LogP contribution in [0.1, 0.15) is 24.5 Å². The van der Waals surface area contributed by atoms with Gasteiger partial charge in [0.15, 0.2) is 11.5 Å². The summed E-state index contributed by atoms with van der Waals surface area (Å²) in [6.07, 6.45) is 2.13. The maximum absolute atomic E-state index is 6.15. The van der Waals surface area contributed by atoms with E-state index in [2.05, 4.69) is 36.5 Å². The average Bonchev–Trinajstić information content (AvgIpc) is 2.58. The van der Waals surface area contributed by atoms with Gasteiger partial charge in [0.2, 0.25) is 0 Å². The number of methoxy groups -OCH3 is 2. The van der Waals surface area contributed by atoms with E-state index in [1.165, 1.54) is 5.56 Å². The number of aryl methyl sites for hydroxylation is 1. The minimum absolute atomic E-state index is 0.393. The molecule has 2 aromatic rings. The summed E-state index contributed by atoms with van der Waals surface area (Å²) in [6.45, 7) is 2.88. The Labute approximate surface area is 143 Å². The molecule has 0 aliphatic carbocycles. The molecule has 23 heavy (non-hydrogen) atoms. The zero-order valence-corrected chi connectivity index (χ0v) is 14.7. The lowest BCUT2D eigenvalue weighted by Gasteiger charge is -2.17. The molecule has 0 radical (unpaired) electrons. The third kappa shape index (κ3) is 5.15. The van der Waals surface area contributed by atoms with E-state index in [9.17, 15) is 0 Å². The van der Waals surface area contributed by atoms with E-state index in [4.69, 9.17) is 21.1 Å². The summed E-state index contributed by atoms with van der Waals surface area (Å²) in [6, 6.07) is 14.6. The Bertz CT molecular complexity index is 616. The minimum Gasteiger partial charge on any atom is -0.493 e. The van der Waals surface area contributed by atoms with E-state index in [0.717, 1.165) is 24.2 Å². The van der Waals surface area contributed by atoms with Gasteiger partial charge in [0, 0.05) is 29.2 Å². The first kappa shape index (κ1) is 17.6. The molecule has 1 atom stereocenters. The maximum Gasteiger partial charge on any atom is 0.165 e. The normalized spacial score (nSPS) is 12.0. The van der Waals surface area contributed by atoms with E-state index in [1.807, 2.05) is 12.1 Å². The topological polar surface area (TPSA) is 30.5 Å². The molecule has 0 aliphatic rings. The molecule has 0 amide bonds. The van der Waals surface area contributed by atoms with Crippen molar-refractivity contribution >= 4 is 11.6 Å². The van der Waals surface area contributed by atoms with Gasteiger partial charge in [-0.25, -0.2) is 0 Å². The zero-order chi connectivity index (χ0) is 16.7. The van der Waals surface area contributed by atoms with Crippen LogP contribution in [0, 0.1) is 0 Å². The van der Waals surface area contributed by atoms with Crippen LogP contribution in [0.4, 0.5) is 0 Å². The number of ether oxygens (including phenoxy) is 2. The first-order valence-electron chi connectivity index (χ1n) is 7.81. The summed E-state index contributed by atoms with van der Waals surface area (Å²) in [5.41, 5.74) is 2.37. The number of halogens is 1. The number of nitrogens with one attached hydrogen (secondary N) is 1. The molecule has 4 heteroatoms. The van der Waals surface area contributed by atoms with Crippen molar-refractivity contribution in [2.45, 2.75) is 32.4 Å². The molecule has 2 aromatic carbocycles. The van der Waals surface area contributed by atoms with Crippen molar-refractivity contribution in [2.24, 2.45) is 0 Å². The van der Waals surface area contributed by atoms with Crippen molar-refractivity contribution in [3.63, 3.8) is 0 Å². The molecule has 0 unspecified atom stereocenters. The molecule has 3 nitrogen and oxygen atoms in total. The van der Waals surface area contributed by atoms with Crippen LogP contribution in [0.25, 0.3) is 0 Å². The third-order valence-corrected chi connectivity index (χ3v) is 4.09. The van der Waals surface area contributed by atoms with E-state index >= 15 is 0 Å². The summed E-state index contributed by atoms with van der Waals surface area (Å²) in [4.78, 5) is 0. The second-order valence-corrected chi connectivity index (χ2v) is 6.04. The number of rotatable bonds is 8. The lowest BCUT2D eigenvalue weighted by molar-refractivity contribution is 0.349. The van der Waals surface area contributed by atoms with E-state index < -0.39 is 0 Å². The van der Waals surface area contributed by atoms with Crippen molar-refractivity contribution in [2.75, 3.05) is 14.2 Å². The Morgan fingerprint density at radius 2 is 1.83 bits per heavy atom. The van der Waals surface area contributed by atoms with Gasteiger partial charge in [-0.05, 0) is 31.4 Å². The molecule has 0 saturated heterocycles. The van der Waals surface area contributed by atoms with Crippen LogP contribution in [-0.2, 0) is 13.0 Å². The van der Waals surface area contributed by atoms with Gasteiger partial charge in [-0.2, -0.15) is 0 Å². The Morgan fingerprint density at radius 1 is 1.09 bits per heavy atom. The Hall–Kier alpha value is -1.71. The molecule has 0 aliphatic heterocycles. The van der Waals surface area contributed by atoms with Gasteiger partial charge in [0.05, 0.1) is 14.2 Å². The van der Waals surface area contributed by atoms with Crippen molar-refractivity contribution in [3.8, 4) is 11.5 Å². The molecule has 0 spiro atoms. The van der Waals surface area contributed by atoms with Crippen molar-refractivity contribution in [3.05, 3.63) is 58.6 Å². The van der Waals surface area contributed by atoms with Crippen LogP contribution < -0.4 is 14.8 Å². The molecule has 0 bridgehead atoms. The second-order valence-electron chi connectivity index (χ2n) is 5.61. The number of hydrogen-bond donors (Lipinski definition) is 1. The molecule has 1 N–H and O–H groups in total. The highest BCUT2D eigenvalue weighted by molar-refractivity contribution is 6.30. The summed E-state index contributed by atoms with van der Waals surface area (Å²) < 4.78 is 10.8. The first-order valence-corrected chi connectivity index (χ1v) is 8.19. The molecule has 0 fully saturated rings. The van der Waals surface area contributed by atoms with Gasteiger partial charge in [0.25, 0.3) is 0 Å². The van der Waals surface area contributed by atoms with Crippen LogP contribution in [0.2, 0.25) is 5.02 Å². The number of hydrogen-bond acceptors (Lipinski definition) is 3. The quantitative estimate of drug-likeness (QED) is 0.773. The smallest absolute Gasteiger partial charge is 0.165 e. The molecule has 124 valence electrons. The van der Waals surface area contributed by atoms with Crippen LogP contribution in [-0.4, -0.2) is 20.3 Å². The van der Waals surface area contributed by atoms with Gasteiger partial charge < -0.3 is 14.8 Å². The zero-order valence-electron chi connectivity index (χ0n) is 13.9. The lowest BCUT2D eigenvalue weighted by atomic mass is 10.1. The standard InChI is InChI=1S/C19H24ClNO2/c1-14(9-10-15-7-5-4-6-8-15)21-13-16-11-17(20)12-18(22-2)19(16)23-3/h4-8,11-12,14,21H,9-10,13H2,1-3H3/t14-/m1/s1. The van der Waals surface area contributed by atoms with Gasteiger partial charge >= 0.3 is 0 Å². The van der Waals surface area contributed by atoms with Gasteiger partial charge in [-0.1, -0.05) is 41.9 Å². The highest BCUT2D eigenvalue weighted by Crippen LogP contribution is 2.34. The first-order chi connectivity index (χ1) is 11.1. The van der Waals surface area contributed by atoms with Crippen molar-refractivity contribution in [1.82, 2.24) is 5.32 Å². The molecule has 0 aromatic heterocycles. The lowest BCUT2D eigenvalue weighted by Crippen LogP contribution is -2.26. The van der Waals surface area contributed by atoms with Crippen molar-refractivity contribution in [1.29, 1.82) is 0 Å². The molecule has 2 rings (SSSR count). The molecular formula is C19H24ClNO2. The van der Waals surface area contributed by atoms with E-state index in [0.29, 0.717) is 23.4 Å². The van der Waals surface area contributed by atoms with Crippen LogP contribution in [0.5, 0.6) is 11.5 Å². The fourth-order valence-electron chi connectivity index (χ4n) is 2.55.